The maximum atomic E-state index is 6.30. The average Bonchev–Trinajstić information content (AvgIpc) is 3.03. The lowest BCUT2D eigenvalue weighted by atomic mass is 9.98. The van der Waals surface area contributed by atoms with Gasteiger partial charge in [0.1, 0.15) is 12.2 Å². The van der Waals surface area contributed by atoms with Crippen molar-refractivity contribution < 1.29 is 9.47 Å². The lowest BCUT2D eigenvalue weighted by molar-refractivity contribution is 0.0343. The molecule has 1 saturated carbocycles. The summed E-state index contributed by atoms with van der Waals surface area (Å²) < 4.78 is 11.8. The van der Waals surface area contributed by atoms with Crippen LogP contribution in [0.2, 0.25) is 0 Å². The first-order valence-electron chi connectivity index (χ1n) is 11.4. The van der Waals surface area contributed by atoms with Crippen molar-refractivity contribution in [2.75, 3.05) is 39.6 Å². The van der Waals surface area contributed by atoms with E-state index in [4.69, 9.17) is 14.5 Å². The maximum absolute atomic E-state index is 6.30. The Hall–Kier alpha value is -1.69. The highest BCUT2D eigenvalue weighted by molar-refractivity contribution is 5.89. The number of benzene rings is 1. The molecule has 156 valence electrons. The van der Waals surface area contributed by atoms with E-state index in [0.717, 1.165) is 56.6 Å². The van der Waals surface area contributed by atoms with Crippen LogP contribution in [0.5, 0.6) is 5.75 Å². The van der Waals surface area contributed by atoms with Gasteiger partial charge in [-0.2, -0.15) is 0 Å². The minimum atomic E-state index is 0.692. The van der Waals surface area contributed by atoms with Crippen molar-refractivity contribution in [1.82, 2.24) is 14.8 Å². The third kappa shape index (κ3) is 4.42. The topological polar surface area (TPSA) is 37.8 Å². The molecule has 1 aromatic carbocycles. The van der Waals surface area contributed by atoms with Gasteiger partial charge in [-0.05, 0) is 36.5 Å². The summed E-state index contributed by atoms with van der Waals surface area (Å²) in [6.45, 7) is 7.47. The number of nitrogens with zero attached hydrogens (tertiary/aromatic N) is 3. The zero-order valence-electron chi connectivity index (χ0n) is 17.4. The van der Waals surface area contributed by atoms with Gasteiger partial charge in [0.05, 0.1) is 13.2 Å². The van der Waals surface area contributed by atoms with Gasteiger partial charge in [0, 0.05) is 49.9 Å². The summed E-state index contributed by atoms with van der Waals surface area (Å²) in [5.74, 6) is 1.83. The first-order valence-corrected chi connectivity index (χ1v) is 11.4. The summed E-state index contributed by atoms with van der Waals surface area (Å²) in [4.78, 5) is 9.71. The number of aromatic nitrogens is 1. The smallest absolute Gasteiger partial charge is 0.152 e. The Labute approximate surface area is 174 Å². The third-order valence-electron chi connectivity index (χ3n) is 6.78. The van der Waals surface area contributed by atoms with Gasteiger partial charge in [0.2, 0.25) is 0 Å². The van der Waals surface area contributed by atoms with Crippen LogP contribution in [0.1, 0.15) is 49.7 Å². The molecule has 5 heteroatoms. The zero-order valence-corrected chi connectivity index (χ0v) is 17.4. The number of pyridine rings is 1. The van der Waals surface area contributed by atoms with Crippen LogP contribution in [-0.2, 0) is 17.8 Å². The van der Waals surface area contributed by atoms with Gasteiger partial charge in [0.25, 0.3) is 0 Å². The van der Waals surface area contributed by atoms with E-state index < -0.39 is 0 Å². The fourth-order valence-electron chi connectivity index (χ4n) is 5.23. The largest absolute Gasteiger partial charge is 0.475 e. The summed E-state index contributed by atoms with van der Waals surface area (Å²) in [6, 6.07) is 6.62. The van der Waals surface area contributed by atoms with Crippen LogP contribution in [0.15, 0.2) is 24.4 Å². The molecule has 0 amide bonds. The van der Waals surface area contributed by atoms with Crippen molar-refractivity contribution >= 4 is 10.9 Å². The molecule has 1 saturated heterocycles. The molecule has 0 bridgehead atoms. The van der Waals surface area contributed by atoms with Crippen LogP contribution in [0, 0.1) is 5.92 Å². The van der Waals surface area contributed by atoms with E-state index in [-0.39, 0.29) is 0 Å². The second-order valence-corrected chi connectivity index (χ2v) is 8.95. The molecule has 2 aliphatic heterocycles. The van der Waals surface area contributed by atoms with E-state index in [9.17, 15) is 0 Å². The molecule has 5 nitrogen and oxygen atoms in total. The Morgan fingerprint density at radius 3 is 2.69 bits per heavy atom. The normalized spacial score (nSPS) is 22.2. The highest BCUT2D eigenvalue weighted by Gasteiger charge is 2.25. The monoisotopic (exact) mass is 395 g/mol. The van der Waals surface area contributed by atoms with E-state index in [1.807, 2.05) is 12.3 Å². The van der Waals surface area contributed by atoms with Crippen LogP contribution < -0.4 is 4.74 Å². The molecule has 0 atom stereocenters. The lowest BCUT2D eigenvalue weighted by Crippen LogP contribution is -2.37. The number of ether oxygens (including phenoxy) is 2. The van der Waals surface area contributed by atoms with Gasteiger partial charge in [-0.1, -0.05) is 31.7 Å². The molecule has 1 aliphatic carbocycles. The van der Waals surface area contributed by atoms with Crippen LogP contribution in [0.25, 0.3) is 10.9 Å². The van der Waals surface area contributed by atoms with Gasteiger partial charge >= 0.3 is 0 Å². The van der Waals surface area contributed by atoms with Crippen LogP contribution >= 0.6 is 0 Å². The summed E-state index contributed by atoms with van der Waals surface area (Å²) in [6.07, 6.45) is 10.3. The molecule has 2 fully saturated rings. The van der Waals surface area contributed by atoms with E-state index in [1.54, 1.807) is 0 Å². The van der Waals surface area contributed by atoms with Crippen LogP contribution in [0.4, 0.5) is 0 Å². The van der Waals surface area contributed by atoms with Gasteiger partial charge < -0.3 is 9.47 Å². The van der Waals surface area contributed by atoms with Crippen molar-refractivity contribution in [3.63, 3.8) is 0 Å². The maximum Gasteiger partial charge on any atom is 0.152 e. The number of morpholine rings is 1. The minimum absolute atomic E-state index is 0.692. The van der Waals surface area contributed by atoms with Crippen molar-refractivity contribution in [1.29, 1.82) is 0 Å². The van der Waals surface area contributed by atoms with E-state index in [0.29, 0.717) is 6.73 Å². The average molecular weight is 396 g/mol. The zero-order chi connectivity index (χ0) is 19.5. The molecule has 0 N–H and O–H groups in total. The molecule has 0 spiro atoms. The number of hydrogen-bond donors (Lipinski definition) is 0. The third-order valence-corrected chi connectivity index (χ3v) is 6.78. The Kier molecular flexibility index (Phi) is 5.97. The second kappa shape index (κ2) is 8.99. The highest BCUT2D eigenvalue weighted by atomic mass is 16.5. The second-order valence-electron chi connectivity index (χ2n) is 8.95. The summed E-state index contributed by atoms with van der Waals surface area (Å²) >= 11 is 0. The minimum Gasteiger partial charge on any atom is -0.475 e. The summed E-state index contributed by atoms with van der Waals surface area (Å²) in [5.41, 5.74) is 3.70. The van der Waals surface area contributed by atoms with E-state index >= 15 is 0 Å². The lowest BCUT2D eigenvalue weighted by Gasteiger charge is -2.33. The van der Waals surface area contributed by atoms with Gasteiger partial charge in [-0.3, -0.25) is 14.8 Å². The molecular formula is C24H33N3O2. The first-order chi connectivity index (χ1) is 14.4. The molecule has 0 radical (unpaired) electrons. The quantitative estimate of drug-likeness (QED) is 0.726. The molecule has 5 rings (SSSR count). The molecule has 3 heterocycles. The Morgan fingerprint density at radius 1 is 1.03 bits per heavy atom. The highest BCUT2D eigenvalue weighted by Crippen LogP contribution is 2.36. The number of rotatable bonds is 4. The van der Waals surface area contributed by atoms with Gasteiger partial charge in [0.15, 0.2) is 5.75 Å². The Bertz CT molecular complexity index is 826. The number of hydrogen-bond acceptors (Lipinski definition) is 5. The summed E-state index contributed by atoms with van der Waals surface area (Å²) in [5, 5.41) is 1.23. The van der Waals surface area contributed by atoms with Crippen LogP contribution in [-0.4, -0.2) is 54.4 Å². The Morgan fingerprint density at radius 2 is 1.86 bits per heavy atom. The van der Waals surface area contributed by atoms with Gasteiger partial charge in [-0.25, -0.2) is 0 Å². The number of fused-ring (bicyclic) bond motifs is 3. The fourth-order valence-corrected chi connectivity index (χ4v) is 5.23. The summed E-state index contributed by atoms with van der Waals surface area (Å²) in [7, 11) is 0. The van der Waals surface area contributed by atoms with Crippen molar-refractivity contribution in [2.45, 2.75) is 51.6 Å². The predicted octanol–water partition coefficient (Wildman–Crippen LogP) is 4.19. The van der Waals surface area contributed by atoms with Crippen molar-refractivity contribution in [3.8, 4) is 5.75 Å². The molecule has 3 aliphatic rings. The molecular weight excluding hydrogens is 362 g/mol. The SMILES string of the molecule is c1cnc2c3c(cc(CN4CCOCC4)c2c1)CN(CC1CCCCCC1)CO3. The van der Waals surface area contributed by atoms with Crippen molar-refractivity contribution in [2.24, 2.45) is 5.92 Å². The van der Waals surface area contributed by atoms with Gasteiger partial charge in [-0.15, -0.1) is 0 Å². The Balaban J connectivity index is 1.38. The van der Waals surface area contributed by atoms with E-state index in [1.165, 1.54) is 61.6 Å². The van der Waals surface area contributed by atoms with Crippen molar-refractivity contribution in [3.05, 3.63) is 35.5 Å². The standard InChI is InChI=1S/C24H33N3O2/c1-2-4-7-19(6-3-1)15-27-17-21-14-20(16-26-10-12-28-13-11-26)22-8-5-9-25-23(22)24(21)29-18-27/h5,8-9,14,19H,1-4,6-7,10-13,15-18H2. The molecule has 1 aromatic heterocycles. The fraction of sp³-hybridized carbons (Fsp3) is 0.625. The van der Waals surface area contributed by atoms with E-state index in [2.05, 4.69) is 21.9 Å². The van der Waals surface area contributed by atoms with Crippen LogP contribution in [0.3, 0.4) is 0 Å². The molecule has 2 aromatic rings. The first kappa shape index (κ1) is 19.3. The molecule has 29 heavy (non-hydrogen) atoms. The molecule has 0 unspecified atom stereocenters. The predicted molar refractivity (Wildman–Crippen MR) is 115 cm³/mol.